The van der Waals surface area contributed by atoms with Gasteiger partial charge in [-0.3, -0.25) is 5.10 Å². The van der Waals surface area contributed by atoms with Gasteiger partial charge in [0.15, 0.2) is 11.6 Å². The number of aromatic nitrogens is 4. The molecule has 1 aromatic carbocycles. The molecule has 0 aliphatic heterocycles. The Morgan fingerprint density at radius 2 is 2.04 bits per heavy atom. The van der Waals surface area contributed by atoms with Gasteiger partial charge in [-0.1, -0.05) is 12.1 Å². The minimum Gasteiger partial charge on any atom is -0.477 e. The van der Waals surface area contributed by atoms with Crippen LogP contribution in [0.25, 0.3) is 0 Å². The normalized spacial score (nSPS) is 11.9. The highest BCUT2D eigenvalue weighted by molar-refractivity contribution is 5.54. The van der Waals surface area contributed by atoms with Crippen LogP contribution in [0.4, 0.5) is 26.4 Å². The number of halogens is 2. The lowest BCUT2D eigenvalue weighted by atomic mass is 10.1. The van der Waals surface area contributed by atoms with E-state index in [-0.39, 0.29) is 24.2 Å². The van der Waals surface area contributed by atoms with Crippen molar-refractivity contribution in [2.45, 2.75) is 13.0 Å². The van der Waals surface area contributed by atoms with E-state index >= 15 is 0 Å². The maximum Gasteiger partial charge on any atom is 0.234 e. The van der Waals surface area contributed by atoms with Crippen molar-refractivity contribution in [3.05, 3.63) is 53.7 Å². The van der Waals surface area contributed by atoms with Gasteiger partial charge in [0.2, 0.25) is 11.8 Å². The number of aromatic amines is 1. The van der Waals surface area contributed by atoms with Crippen LogP contribution in [0.1, 0.15) is 18.5 Å². The third-order valence-corrected chi connectivity index (χ3v) is 3.60. The number of benzene rings is 1. The number of anilines is 3. The molecule has 0 spiro atoms. The van der Waals surface area contributed by atoms with Crippen molar-refractivity contribution >= 4 is 17.6 Å². The van der Waals surface area contributed by atoms with E-state index in [9.17, 15) is 13.9 Å². The molecular formula is C17H18F2N6O2. The van der Waals surface area contributed by atoms with Gasteiger partial charge < -0.3 is 20.5 Å². The SMILES string of the molecule is CCOc1cc(Nc2nc(N[C@@H](CO)c3ccc(F)cc3)ncc2F)[nH]n1. The van der Waals surface area contributed by atoms with Gasteiger partial charge in [-0.15, -0.1) is 5.10 Å². The second-order valence-corrected chi connectivity index (χ2v) is 5.50. The molecule has 0 saturated heterocycles. The summed E-state index contributed by atoms with van der Waals surface area (Å²) in [5, 5.41) is 21.8. The van der Waals surface area contributed by atoms with Crippen LogP contribution in [0, 0.1) is 11.6 Å². The lowest BCUT2D eigenvalue weighted by Crippen LogP contribution is -2.17. The average molecular weight is 376 g/mol. The fraction of sp³-hybridized carbons (Fsp3) is 0.235. The number of ether oxygens (including phenoxy) is 1. The number of H-pyrrole nitrogens is 1. The monoisotopic (exact) mass is 376 g/mol. The fourth-order valence-electron chi connectivity index (χ4n) is 2.33. The Hall–Kier alpha value is -3.27. The van der Waals surface area contributed by atoms with Crippen LogP contribution < -0.4 is 15.4 Å². The molecule has 0 radical (unpaired) electrons. The van der Waals surface area contributed by atoms with Gasteiger partial charge in [0.05, 0.1) is 25.5 Å². The van der Waals surface area contributed by atoms with Gasteiger partial charge >= 0.3 is 0 Å². The molecule has 0 aliphatic carbocycles. The molecule has 0 aliphatic rings. The van der Waals surface area contributed by atoms with Gasteiger partial charge in [0, 0.05) is 6.07 Å². The van der Waals surface area contributed by atoms with E-state index in [1.165, 1.54) is 24.3 Å². The first kappa shape index (κ1) is 18.5. The zero-order chi connectivity index (χ0) is 19.2. The van der Waals surface area contributed by atoms with Crippen LogP contribution >= 0.6 is 0 Å². The molecule has 27 heavy (non-hydrogen) atoms. The first-order valence-corrected chi connectivity index (χ1v) is 8.19. The summed E-state index contributed by atoms with van der Waals surface area (Å²) < 4.78 is 32.3. The van der Waals surface area contributed by atoms with Crippen molar-refractivity contribution in [3.63, 3.8) is 0 Å². The van der Waals surface area contributed by atoms with E-state index in [0.717, 1.165) is 6.20 Å². The number of aliphatic hydroxyl groups is 1. The predicted molar refractivity (Wildman–Crippen MR) is 94.9 cm³/mol. The highest BCUT2D eigenvalue weighted by atomic mass is 19.1. The standard InChI is InChI=1S/C17H18F2N6O2/c1-2-27-15-7-14(24-25-15)22-16-12(19)8-20-17(23-16)21-13(9-26)10-3-5-11(18)6-4-10/h3-8,13,26H,2,9H2,1H3,(H3,20,21,22,23,24,25)/t13-/m0/s1. The van der Waals surface area contributed by atoms with Gasteiger partial charge in [-0.05, 0) is 24.6 Å². The minimum atomic E-state index is -0.671. The molecule has 1 atom stereocenters. The number of nitrogens with zero attached hydrogens (tertiary/aromatic N) is 3. The minimum absolute atomic E-state index is 0.0880. The van der Waals surface area contributed by atoms with Crippen molar-refractivity contribution in [2.24, 2.45) is 0 Å². The van der Waals surface area contributed by atoms with Crippen molar-refractivity contribution in [1.29, 1.82) is 0 Å². The summed E-state index contributed by atoms with van der Waals surface area (Å²) in [7, 11) is 0. The summed E-state index contributed by atoms with van der Waals surface area (Å²) >= 11 is 0. The molecule has 0 saturated carbocycles. The second kappa shape index (κ2) is 8.41. The van der Waals surface area contributed by atoms with Crippen molar-refractivity contribution in [3.8, 4) is 5.88 Å². The third kappa shape index (κ3) is 4.67. The maximum atomic E-state index is 14.0. The molecule has 0 amide bonds. The molecule has 2 aromatic heterocycles. The van der Waals surface area contributed by atoms with Gasteiger partial charge in [0.1, 0.15) is 11.6 Å². The molecule has 8 nitrogen and oxygen atoms in total. The smallest absolute Gasteiger partial charge is 0.234 e. The van der Waals surface area contributed by atoms with Gasteiger partial charge in [-0.25, -0.2) is 13.8 Å². The Bertz CT molecular complexity index is 887. The summed E-state index contributed by atoms with van der Waals surface area (Å²) in [6, 6.07) is 6.62. The van der Waals surface area contributed by atoms with Crippen LogP contribution in [0.3, 0.4) is 0 Å². The Morgan fingerprint density at radius 3 is 2.74 bits per heavy atom. The van der Waals surface area contributed by atoms with Crippen LogP contribution in [0.2, 0.25) is 0 Å². The lowest BCUT2D eigenvalue weighted by Gasteiger charge is -2.17. The first-order chi connectivity index (χ1) is 13.1. The zero-order valence-electron chi connectivity index (χ0n) is 14.4. The molecule has 3 rings (SSSR count). The van der Waals surface area contributed by atoms with E-state index < -0.39 is 11.9 Å². The summed E-state index contributed by atoms with van der Waals surface area (Å²) in [4.78, 5) is 7.94. The molecule has 4 N–H and O–H groups in total. The summed E-state index contributed by atoms with van der Waals surface area (Å²) in [6.07, 6.45) is 0.997. The van der Waals surface area contributed by atoms with Crippen molar-refractivity contribution < 1.29 is 18.6 Å². The Kier molecular flexibility index (Phi) is 5.77. The van der Waals surface area contributed by atoms with E-state index in [2.05, 4.69) is 30.8 Å². The molecule has 142 valence electrons. The number of aliphatic hydroxyl groups excluding tert-OH is 1. The van der Waals surface area contributed by atoms with Crippen LogP contribution in [-0.2, 0) is 0 Å². The van der Waals surface area contributed by atoms with Crippen LogP contribution in [-0.4, -0.2) is 38.5 Å². The van der Waals surface area contributed by atoms with E-state index in [1.807, 2.05) is 6.92 Å². The van der Waals surface area contributed by atoms with Crippen LogP contribution in [0.15, 0.2) is 36.5 Å². The summed E-state index contributed by atoms with van der Waals surface area (Å²) in [6.45, 7) is 1.99. The molecule has 3 aromatic rings. The predicted octanol–water partition coefficient (Wildman–Crippen LogP) is 2.77. The average Bonchev–Trinajstić information content (AvgIpc) is 3.10. The third-order valence-electron chi connectivity index (χ3n) is 3.60. The highest BCUT2D eigenvalue weighted by Gasteiger charge is 2.14. The zero-order valence-corrected chi connectivity index (χ0v) is 14.4. The maximum absolute atomic E-state index is 14.0. The van der Waals surface area contributed by atoms with E-state index in [0.29, 0.717) is 23.9 Å². The second-order valence-electron chi connectivity index (χ2n) is 5.50. The quantitative estimate of drug-likeness (QED) is 0.479. The molecule has 0 fully saturated rings. The van der Waals surface area contributed by atoms with E-state index in [4.69, 9.17) is 4.74 Å². The van der Waals surface area contributed by atoms with Crippen molar-refractivity contribution in [1.82, 2.24) is 20.2 Å². The number of rotatable bonds is 8. The van der Waals surface area contributed by atoms with Gasteiger partial charge in [0.25, 0.3) is 0 Å². The lowest BCUT2D eigenvalue weighted by molar-refractivity contribution is 0.275. The molecule has 10 heteroatoms. The largest absolute Gasteiger partial charge is 0.477 e. The van der Waals surface area contributed by atoms with Crippen molar-refractivity contribution in [2.75, 3.05) is 23.8 Å². The number of hydrogen-bond donors (Lipinski definition) is 4. The molecule has 0 unspecified atom stereocenters. The summed E-state index contributed by atoms with van der Waals surface area (Å²) in [5.74, 6) is -0.299. The number of nitrogens with one attached hydrogen (secondary N) is 3. The molecular weight excluding hydrogens is 358 g/mol. The first-order valence-electron chi connectivity index (χ1n) is 8.19. The van der Waals surface area contributed by atoms with Gasteiger partial charge in [-0.2, -0.15) is 4.98 Å². The Balaban J connectivity index is 1.76. The fourth-order valence-corrected chi connectivity index (χ4v) is 2.33. The number of hydrogen-bond acceptors (Lipinski definition) is 7. The molecule has 2 heterocycles. The topological polar surface area (TPSA) is 108 Å². The highest BCUT2D eigenvalue weighted by Crippen LogP contribution is 2.22. The van der Waals surface area contributed by atoms with E-state index in [1.54, 1.807) is 6.07 Å². The Labute approximate surface area is 153 Å². The van der Waals surface area contributed by atoms with Crippen LogP contribution in [0.5, 0.6) is 5.88 Å². The Morgan fingerprint density at radius 1 is 1.26 bits per heavy atom. The molecule has 0 bridgehead atoms. The summed E-state index contributed by atoms with van der Waals surface area (Å²) in [5.41, 5.74) is 0.635.